The fourth-order valence-corrected chi connectivity index (χ4v) is 25.3. The van der Waals surface area contributed by atoms with Gasteiger partial charge in [-0.15, -0.1) is 0 Å². The molecule has 11 rings (SSSR count). The molecule has 2 aliphatic rings. The Morgan fingerprint density at radius 1 is 0.521 bits per heavy atom. The van der Waals surface area contributed by atoms with E-state index in [1.807, 2.05) is 97.1 Å². The third kappa shape index (κ3) is 14.8. The summed E-state index contributed by atoms with van der Waals surface area (Å²) >= 11 is 9.69. The summed E-state index contributed by atoms with van der Waals surface area (Å²) in [6, 6.07) is 61.5. The second-order valence-corrected chi connectivity index (χ2v) is 39.0. The van der Waals surface area contributed by atoms with Gasteiger partial charge in [-0.3, -0.25) is 8.61 Å². The second-order valence-electron chi connectivity index (χ2n) is 25.3. The number of ether oxygens (including phenoxy) is 2. The molecule has 9 aromatic carbocycles. The molecule has 96 heavy (non-hydrogen) atoms. The van der Waals surface area contributed by atoms with Gasteiger partial charge in [-0.05, 0) is 128 Å². The smallest absolute Gasteiger partial charge is 0.416 e. The first-order valence-electron chi connectivity index (χ1n) is 30.6. The average Bonchev–Trinajstić information content (AvgIpc) is 0.759. The highest BCUT2D eigenvalue weighted by Gasteiger charge is 2.53. The molecule has 0 fully saturated rings. The number of fused-ring (bicyclic) bond motifs is 2. The number of anilines is 2. The molecular weight excluding hydrogens is 1400 g/mol. The minimum absolute atomic E-state index is 0.0200. The molecule has 0 spiro atoms. The molecule has 2 atom stereocenters. The van der Waals surface area contributed by atoms with Crippen LogP contribution in [0.5, 0.6) is 11.5 Å². The number of halogens is 9. The number of hydrogen-bond donors (Lipinski definition) is 0. The van der Waals surface area contributed by atoms with Gasteiger partial charge in [0.1, 0.15) is 29.5 Å². The Bertz CT molecular complexity index is 4410. The van der Waals surface area contributed by atoms with Crippen molar-refractivity contribution in [3.05, 3.63) is 262 Å². The number of sulfonamides is 2. The van der Waals surface area contributed by atoms with Gasteiger partial charge in [0, 0.05) is 10.0 Å². The van der Waals surface area contributed by atoms with Gasteiger partial charge in [-0.2, -0.15) is 26.3 Å². The average molecular weight is 1470 g/mol. The van der Waals surface area contributed by atoms with Gasteiger partial charge in [0.25, 0.3) is 36.7 Å². The largest absolute Gasteiger partial charge is 0.484 e. The molecule has 23 heteroatoms. The van der Waals surface area contributed by atoms with E-state index in [1.54, 1.807) is 55.5 Å². The van der Waals surface area contributed by atoms with Gasteiger partial charge >= 0.3 is 12.4 Å². The minimum Gasteiger partial charge on any atom is -0.484 e. The molecule has 2 heterocycles. The highest BCUT2D eigenvalue weighted by molar-refractivity contribution is 9.10. The quantitative estimate of drug-likeness (QED) is 0.0534. The third-order valence-electron chi connectivity index (χ3n) is 16.8. The number of nitrogens with zero attached hydrogens (tertiary/aromatic N) is 2. The van der Waals surface area contributed by atoms with Crippen molar-refractivity contribution in [2.24, 2.45) is 0 Å². The maximum atomic E-state index is 14.8. The molecule has 502 valence electrons. The van der Waals surface area contributed by atoms with E-state index in [9.17, 15) is 47.6 Å². The van der Waals surface area contributed by atoms with Crippen molar-refractivity contribution in [1.29, 1.82) is 0 Å². The maximum absolute atomic E-state index is 14.8. The highest BCUT2D eigenvalue weighted by atomic mass is 79.9. The summed E-state index contributed by atoms with van der Waals surface area (Å²) in [6.45, 7) is 14.1. The standard InChI is InChI=1S/C41H38ClF4NO4SSi.C32H31BrF3NO4SSi/c1-28(39-35(42)19-12-20-36(39)43)23-29-21-22-38-37(24-29)47(52(48,49)32-14-11-13-30(25-32)41(44,45)46)26-31(51-38)27-50-53(40(2,3)4,33-15-7-5-8-16-33)34-17-9-6-10-18-34;1-31(2,3)43(27-13-6-4-7-14-27,28-15-8-5-9-16-28)40-22-25-21-37(29-20-24(33)17-18-30(29)41-25)42(38,39)26-12-10-11-23(19-26)32(34,35)36/h5-25,31H,26-27H2,1-4H3;4-20,25H,21-22H2,1-3H3/b28-23+;/t31-;25-/m11/s1. The van der Waals surface area contributed by atoms with E-state index in [1.165, 1.54) is 18.2 Å². The van der Waals surface area contributed by atoms with E-state index in [0.717, 1.165) is 59.7 Å². The van der Waals surface area contributed by atoms with Gasteiger partial charge in [0.2, 0.25) is 0 Å². The first kappa shape index (κ1) is 71.2. The fourth-order valence-electron chi connectivity index (χ4n) is 12.4. The summed E-state index contributed by atoms with van der Waals surface area (Å²) in [4.78, 5) is -0.983. The Balaban J connectivity index is 0.000000213. The van der Waals surface area contributed by atoms with E-state index in [2.05, 4.69) is 81.7 Å². The number of alkyl halides is 6. The first-order chi connectivity index (χ1) is 45.3. The lowest BCUT2D eigenvalue weighted by Crippen LogP contribution is -2.67. The summed E-state index contributed by atoms with van der Waals surface area (Å²) in [5.74, 6) is -0.0346. The molecule has 9 aromatic rings. The summed E-state index contributed by atoms with van der Waals surface area (Å²) in [6.07, 6.45) is -9.38. The van der Waals surface area contributed by atoms with Crippen LogP contribution in [0, 0.1) is 5.82 Å². The van der Waals surface area contributed by atoms with Crippen LogP contribution in [0.4, 0.5) is 42.1 Å². The summed E-state index contributed by atoms with van der Waals surface area (Å²) < 4.78 is 183. The Labute approximate surface area is 571 Å². The van der Waals surface area contributed by atoms with Crippen molar-refractivity contribution < 1.29 is 65.9 Å². The van der Waals surface area contributed by atoms with E-state index >= 15 is 0 Å². The summed E-state index contributed by atoms with van der Waals surface area (Å²) in [7, 11) is -15.0. The normalized spacial score (nSPS) is 15.7. The van der Waals surface area contributed by atoms with Crippen LogP contribution in [0.15, 0.2) is 239 Å². The third-order valence-corrected chi connectivity index (χ3v) is 31.2. The van der Waals surface area contributed by atoms with Gasteiger partial charge in [0.15, 0.2) is 0 Å². The van der Waals surface area contributed by atoms with Crippen LogP contribution in [0.25, 0.3) is 11.6 Å². The van der Waals surface area contributed by atoms with Crippen molar-refractivity contribution in [2.45, 2.75) is 92.9 Å². The molecule has 0 aromatic heterocycles. The van der Waals surface area contributed by atoms with Crippen LogP contribution < -0.4 is 38.8 Å². The molecule has 0 N–H and O–H groups in total. The monoisotopic (exact) mass is 1470 g/mol. The lowest BCUT2D eigenvalue weighted by Gasteiger charge is -2.44. The van der Waals surface area contributed by atoms with Crippen LogP contribution in [0.3, 0.4) is 0 Å². The second kappa shape index (κ2) is 28.1. The van der Waals surface area contributed by atoms with Crippen molar-refractivity contribution >= 4 is 108 Å². The Morgan fingerprint density at radius 3 is 1.27 bits per heavy atom. The topological polar surface area (TPSA) is 112 Å². The van der Waals surface area contributed by atoms with Crippen LogP contribution in [-0.4, -0.2) is 72.0 Å². The number of rotatable bonds is 16. The molecule has 0 radical (unpaired) electrons. The van der Waals surface area contributed by atoms with Crippen LogP contribution in [0.2, 0.25) is 15.1 Å². The summed E-state index contributed by atoms with van der Waals surface area (Å²) in [5.41, 5.74) is -0.615. The first-order valence-corrected chi connectivity index (χ1v) is 38.4. The molecule has 0 amide bonds. The van der Waals surface area contributed by atoms with Crippen molar-refractivity contribution in [1.82, 2.24) is 0 Å². The number of hydrogen-bond acceptors (Lipinski definition) is 8. The van der Waals surface area contributed by atoms with E-state index < -0.39 is 88.0 Å². The summed E-state index contributed by atoms with van der Waals surface area (Å²) in [5, 5.41) is 3.65. The Kier molecular flexibility index (Phi) is 20.9. The van der Waals surface area contributed by atoms with Gasteiger partial charge in [0.05, 0.1) is 63.6 Å². The van der Waals surface area contributed by atoms with E-state index in [4.69, 9.17) is 29.9 Å². The van der Waals surface area contributed by atoms with Crippen molar-refractivity contribution in [3.8, 4) is 11.5 Å². The molecular formula is C73H69BrClF7N2O8S2Si2. The molecule has 0 saturated heterocycles. The predicted octanol–water partition coefficient (Wildman–Crippen LogP) is 16.6. The predicted molar refractivity (Wildman–Crippen MR) is 373 cm³/mol. The number of allylic oxidation sites excluding steroid dienone is 1. The lowest BCUT2D eigenvalue weighted by atomic mass is 10.0. The zero-order valence-corrected chi connectivity index (χ0v) is 59.3. The molecule has 0 unspecified atom stereocenters. The van der Waals surface area contributed by atoms with Gasteiger partial charge in [-0.1, -0.05) is 221 Å². The molecule has 10 nitrogen and oxygen atoms in total. The zero-order chi connectivity index (χ0) is 69.2. The Hall–Kier alpha value is -7.55. The maximum Gasteiger partial charge on any atom is 0.416 e. The van der Waals surface area contributed by atoms with Crippen LogP contribution in [0.1, 0.15) is 70.7 Å². The van der Waals surface area contributed by atoms with Crippen molar-refractivity contribution in [3.63, 3.8) is 0 Å². The Morgan fingerprint density at radius 2 is 0.896 bits per heavy atom. The fraction of sp³-hybridized carbons (Fsp3) is 0.233. The number of benzene rings is 9. The highest BCUT2D eigenvalue weighted by Crippen LogP contribution is 2.45. The van der Waals surface area contributed by atoms with E-state index in [-0.39, 0.29) is 64.1 Å². The van der Waals surface area contributed by atoms with Crippen LogP contribution >= 0.6 is 27.5 Å². The van der Waals surface area contributed by atoms with Gasteiger partial charge < -0.3 is 18.3 Å². The lowest BCUT2D eigenvalue weighted by molar-refractivity contribution is -0.138. The molecule has 0 bridgehead atoms. The molecule has 0 saturated carbocycles. The van der Waals surface area contributed by atoms with Gasteiger partial charge in [-0.25, -0.2) is 21.2 Å². The van der Waals surface area contributed by atoms with Crippen LogP contribution in [-0.2, 0) is 41.3 Å². The van der Waals surface area contributed by atoms with Crippen molar-refractivity contribution in [2.75, 3.05) is 34.9 Å². The minimum atomic E-state index is -4.76. The molecule has 2 aliphatic heterocycles. The molecule has 0 aliphatic carbocycles. The zero-order valence-electron chi connectivity index (χ0n) is 53.3. The van der Waals surface area contributed by atoms with E-state index in [0.29, 0.717) is 33.5 Å². The SMILES string of the molecule is C/C(=C\c1ccc2c(c1)N(S(=O)(=O)c1cccc(C(F)(F)F)c1)C[C@H](CO[Si](c1ccccc1)(c1ccccc1)C(C)(C)C)O2)c1c(F)cccc1Cl.CC(C)(C)[Si](OC[C@H]1CN(S(=O)(=O)c2cccc(C(F)(F)F)c2)c2cc(Br)ccc2O1)(c1ccccc1)c1ccccc1.